The van der Waals surface area contributed by atoms with Crippen molar-refractivity contribution in [3.05, 3.63) is 6.33 Å². The molecule has 0 amide bonds. The minimum absolute atomic E-state index is 0.00485. The van der Waals surface area contributed by atoms with Crippen LogP contribution < -0.4 is 15.9 Å². The van der Waals surface area contributed by atoms with Gasteiger partial charge in [-0.15, -0.1) is 4.73 Å². The Kier molecular flexibility index (Phi) is 3.23. The maximum Gasteiger partial charge on any atom is 0.225 e. The van der Waals surface area contributed by atoms with Crippen molar-refractivity contribution in [2.75, 3.05) is 17.7 Å². The van der Waals surface area contributed by atoms with Crippen LogP contribution in [0.1, 0.15) is 25.7 Å². The molecular formula is C13H18N6O3. The summed E-state index contributed by atoms with van der Waals surface area (Å²) in [5.74, 6) is 0.800. The number of nitrogen functional groups attached to an aromatic ring is 1. The van der Waals surface area contributed by atoms with Crippen molar-refractivity contribution in [1.82, 2.24) is 19.7 Å². The van der Waals surface area contributed by atoms with E-state index in [2.05, 4.69) is 20.3 Å². The van der Waals surface area contributed by atoms with Crippen molar-refractivity contribution in [2.45, 2.75) is 44.1 Å². The SMILES string of the molecule is Nc1nc(NC2CC2)c2ncn(O[C@@H]3CC[C@@H](CO)O3)c2n1. The number of hydrogen-bond donors (Lipinski definition) is 3. The molecule has 2 fully saturated rings. The Morgan fingerprint density at radius 2 is 2.23 bits per heavy atom. The Balaban J connectivity index is 1.60. The first kappa shape index (κ1) is 13.5. The highest BCUT2D eigenvalue weighted by molar-refractivity contribution is 5.84. The summed E-state index contributed by atoms with van der Waals surface area (Å²) in [5, 5.41) is 12.4. The highest BCUT2D eigenvalue weighted by atomic mass is 16.8. The van der Waals surface area contributed by atoms with Gasteiger partial charge < -0.3 is 25.7 Å². The molecule has 3 heterocycles. The third-order valence-corrected chi connectivity index (χ3v) is 3.80. The lowest BCUT2D eigenvalue weighted by Crippen LogP contribution is -2.26. The van der Waals surface area contributed by atoms with E-state index >= 15 is 0 Å². The number of nitrogens with one attached hydrogen (secondary N) is 1. The van der Waals surface area contributed by atoms with Crippen LogP contribution in [-0.4, -0.2) is 49.8 Å². The Morgan fingerprint density at radius 3 is 2.95 bits per heavy atom. The van der Waals surface area contributed by atoms with Gasteiger partial charge >= 0.3 is 0 Å². The Hall–Kier alpha value is -2.13. The standard InChI is InChI=1S/C13H18N6O3/c14-13-17-11(16-7-1-2-7)10-12(18-13)19(6-15-10)22-9-4-3-8(5-20)21-9/h6-9,20H,1-5H2,(H3,14,16,17,18)/t8-,9+/m0/s1. The average molecular weight is 306 g/mol. The van der Waals surface area contributed by atoms with Gasteiger partial charge in [0.05, 0.1) is 12.7 Å². The van der Waals surface area contributed by atoms with Gasteiger partial charge in [0.1, 0.15) is 6.33 Å². The van der Waals surface area contributed by atoms with E-state index in [1.165, 1.54) is 11.1 Å². The molecule has 0 spiro atoms. The first-order valence-corrected chi connectivity index (χ1v) is 7.43. The van der Waals surface area contributed by atoms with Gasteiger partial charge in [0.15, 0.2) is 11.3 Å². The Morgan fingerprint density at radius 1 is 1.36 bits per heavy atom. The third kappa shape index (κ3) is 2.53. The van der Waals surface area contributed by atoms with E-state index in [1.807, 2.05) is 0 Å². The highest BCUT2D eigenvalue weighted by Gasteiger charge is 2.28. The fourth-order valence-electron chi connectivity index (χ4n) is 2.51. The van der Waals surface area contributed by atoms with E-state index < -0.39 is 6.29 Å². The van der Waals surface area contributed by atoms with Crippen LogP contribution in [0, 0.1) is 0 Å². The van der Waals surface area contributed by atoms with Crippen LogP contribution in [0.5, 0.6) is 0 Å². The second-order valence-corrected chi connectivity index (χ2v) is 5.64. The minimum atomic E-state index is -0.425. The smallest absolute Gasteiger partial charge is 0.225 e. The molecular weight excluding hydrogens is 288 g/mol. The normalized spacial score (nSPS) is 24.8. The largest absolute Gasteiger partial charge is 0.394 e. The molecule has 0 unspecified atom stereocenters. The predicted octanol–water partition coefficient (Wildman–Crippen LogP) is -0.0912. The average Bonchev–Trinajstić information content (AvgIpc) is 3.06. The van der Waals surface area contributed by atoms with Crippen LogP contribution >= 0.6 is 0 Å². The summed E-state index contributed by atoms with van der Waals surface area (Å²) in [4.78, 5) is 18.5. The minimum Gasteiger partial charge on any atom is -0.394 e. The number of imidazole rings is 1. The topological polar surface area (TPSA) is 120 Å². The van der Waals surface area contributed by atoms with Crippen LogP contribution in [0.25, 0.3) is 11.2 Å². The van der Waals surface area contributed by atoms with Gasteiger partial charge in [-0.05, 0) is 19.3 Å². The molecule has 2 aliphatic rings. The van der Waals surface area contributed by atoms with Crippen molar-refractivity contribution in [3.8, 4) is 0 Å². The summed E-state index contributed by atoms with van der Waals surface area (Å²) in [6.07, 6.45) is 4.66. The number of aromatic nitrogens is 4. The number of ether oxygens (including phenoxy) is 1. The number of rotatable bonds is 5. The number of anilines is 2. The molecule has 2 aromatic heterocycles. The van der Waals surface area contributed by atoms with E-state index in [4.69, 9.17) is 20.4 Å². The molecule has 118 valence electrons. The summed E-state index contributed by atoms with van der Waals surface area (Å²) in [5.41, 5.74) is 6.91. The van der Waals surface area contributed by atoms with Gasteiger partial charge in [-0.25, -0.2) is 4.98 Å². The van der Waals surface area contributed by atoms with Crippen LogP contribution in [0.3, 0.4) is 0 Å². The Bertz CT molecular complexity index is 686. The predicted molar refractivity (Wildman–Crippen MR) is 77.9 cm³/mol. The molecule has 2 atom stereocenters. The van der Waals surface area contributed by atoms with Gasteiger partial charge in [0, 0.05) is 12.5 Å². The summed E-state index contributed by atoms with van der Waals surface area (Å²) in [6.45, 7) is -0.00485. The number of aliphatic hydroxyl groups is 1. The summed E-state index contributed by atoms with van der Waals surface area (Å²) in [7, 11) is 0. The molecule has 0 bridgehead atoms. The summed E-state index contributed by atoms with van der Waals surface area (Å²) >= 11 is 0. The number of hydrogen-bond acceptors (Lipinski definition) is 8. The van der Waals surface area contributed by atoms with Crippen molar-refractivity contribution in [2.24, 2.45) is 0 Å². The maximum absolute atomic E-state index is 9.10. The van der Waals surface area contributed by atoms with Crippen molar-refractivity contribution < 1.29 is 14.7 Å². The van der Waals surface area contributed by atoms with E-state index in [1.54, 1.807) is 0 Å². The zero-order valence-corrected chi connectivity index (χ0v) is 12.0. The fourth-order valence-corrected chi connectivity index (χ4v) is 2.51. The van der Waals surface area contributed by atoms with Crippen LogP contribution in [0.4, 0.5) is 11.8 Å². The van der Waals surface area contributed by atoms with Gasteiger partial charge in [-0.1, -0.05) is 0 Å². The van der Waals surface area contributed by atoms with E-state index in [0.717, 1.165) is 19.3 Å². The number of nitrogens with two attached hydrogens (primary N) is 1. The van der Waals surface area contributed by atoms with Crippen molar-refractivity contribution in [1.29, 1.82) is 0 Å². The van der Waals surface area contributed by atoms with E-state index in [-0.39, 0.29) is 18.7 Å². The van der Waals surface area contributed by atoms with Crippen LogP contribution in [0.2, 0.25) is 0 Å². The first-order chi connectivity index (χ1) is 10.7. The lowest BCUT2D eigenvalue weighted by atomic mass is 10.2. The van der Waals surface area contributed by atoms with Crippen LogP contribution in [-0.2, 0) is 4.74 Å². The molecule has 4 rings (SSSR count). The maximum atomic E-state index is 9.10. The number of nitrogens with zero attached hydrogens (tertiary/aromatic N) is 4. The monoisotopic (exact) mass is 306 g/mol. The molecule has 1 saturated heterocycles. The van der Waals surface area contributed by atoms with Crippen LogP contribution in [0.15, 0.2) is 6.33 Å². The van der Waals surface area contributed by atoms with Gasteiger partial charge in [-0.2, -0.15) is 9.97 Å². The molecule has 2 aromatic rings. The highest BCUT2D eigenvalue weighted by Crippen LogP contribution is 2.28. The van der Waals surface area contributed by atoms with Crippen molar-refractivity contribution >= 4 is 22.9 Å². The second kappa shape index (κ2) is 5.25. The molecule has 1 saturated carbocycles. The summed E-state index contributed by atoms with van der Waals surface area (Å²) in [6, 6.07) is 0.437. The van der Waals surface area contributed by atoms with E-state index in [9.17, 15) is 0 Å². The number of fused-ring (bicyclic) bond motifs is 1. The zero-order valence-electron chi connectivity index (χ0n) is 12.0. The lowest BCUT2D eigenvalue weighted by molar-refractivity contribution is -0.140. The van der Waals surface area contributed by atoms with E-state index in [0.29, 0.717) is 29.4 Å². The molecule has 1 aliphatic heterocycles. The first-order valence-electron chi connectivity index (χ1n) is 7.43. The zero-order chi connectivity index (χ0) is 15.1. The lowest BCUT2D eigenvalue weighted by Gasteiger charge is -2.14. The Labute approximate surface area is 126 Å². The number of aliphatic hydroxyl groups excluding tert-OH is 1. The molecule has 4 N–H and O–H groups in total. The third-order valence-electron chi connectivity index (χ3n) is 3.80. The molecule has 0 radical (unpaired) electrons. The molecule has 9 heteroatoms. The molecule has 22 heavy (non-hydrogen) atoms. The second-order valence-electron chi connectivity index (χ2n) is 5.64. The quantitative estimate of drug-likeness (QED) is 0.701. The van der Waals surface area contributed by atoms with Crippen molar-refractivity contribution in [3.63, 3.8) is 0 Å². The molecule has 1 aliphatic carbocycles. The van der Waals surface area contributed by atoms with Gasteiger partial charge in [-0.3, -0.25) is 0 Å². The molecule has 9 nitrogen and oxygen atoms in total. The molecule has 0 aromatic carbocycles. The van der Waals surface area contributed by atoms with Gasteiger partial charge in [0.25, 0.3) is 0 Å². The van der Waals surface area contributed by atoms with Gasteiger partial charge in [0.2, 0.25) is 17.9 Å². The summed E-state index contributed by atoms with van der Waals surface area (Å²) < 4.78 is 7.01. The fraction of sp³-hybridized carbons (Fsp3) is 0.615.